The molecule has 1 unspecified atom stereocenters. The third-order valence-electron chi connectivity index (χ3n) is 5.81. The molecule has 0 spiro atoms. The molecule has 0 saturated heterocycles. The second kappa shape index (κ2) is 8.98. The van der Waals surface area contributed by atoms with E-state index in [4.69, 9.17) is 19.2 Å². The summed E-state index contributed by atoms with van der Waals surface area (Å²) in [6.07, 6.45) is -0.568. The maximum Gasteiger partial charge on any atom is 0.265 e. The molecular weight excluding hydrogens is 446 g/mol. The molecule has 1 aliphatic rings. The molecule has 2 heterocycles. The first-order chi connectivity index (χ1) is 17.0. The van der Waals surface area contributed by atoms with Gasteiger partial charge < -0.3 is 24.8 Å². The first kappa shape index (κ1) is 22.2. The van der Waals surface area contributed by atoms with Crippen LogP contribution in [0.4, 0.5) is 11.4 Å². The van der Waals surface area contributed by atoms with E-state index in [1.54, 1.807) is 51.5 Å². The van der Waals surface area contributed by atoms with Crippen molar-refractivity contribution in [3.05, 3.63) is 72.3 Å². The van der Waals surface area contributed by atoms with Crippen molar-refractivity contribution in [1.29, 1.82) is 0 Å². The van der Waals surface area contributed by atoms with Crippen LogP contribution in [-0.4, -0.2) is 37.1 Å². The summed E-state index contributed by atoms with van der Waals surface area (Å²) in [5, 5.41) is 6.44. The number of carbonyl (C=O) groups excluding carboxylic acids is 2. The second-order valence-electron chi connectivity index (χ2n) is 8.06. The number of pyridine rings is 1. The Labute approximate surface area is 201 Å². The number of aromatic nitrogens is 1. The van der Waals surface area contributed by atoms with Gasteiger partial charge in [0.15, 0.2) is 17.6 Å². The molecule has 2 N–H and O–H groups in total. The van der Waals surface area contributed by atoms with Gasteiger partial charge >= 0.3 is 0 Å². The molecular formula is C27H23N3O5. The highest BCUT2D eigenvalue weighted by Gasteiger charge is 2.24. The molecule has 3 aromatic carbocycles. The highest BCUT2D eigenvalue weighted by Crippen LogP contribution is 2.34. The molecule has 0 radical (unpaired) electrons. The molecule has 5 rings (SSSR count). The van der Waals surface area contributed by atoms with Crippen LogP contribution in [0.3, 0.4) is 0 Å². The quantitative estimate of drug-likeness (QED) is 0.432. The zero-order valence-electron chi connectivity index (χ0n) is 19.4. The van der Waals surface area contributed by atoms with Crippen molar-refractivity contribution < 1.29 is 23.8 Å². The second-order valence-corrected chi connectivity index (χ2v) is 8.06. The minimum Gasteiger partial charge on any atom is -0.493 e. The highest BCUT2D eigenvalue weighted by atomic mass is 16.5. The molecule has 35 heavy (non-hydrogen) atoms. The number of hydrogen-bond acceptors (Lipinski definition) is 6. The Morgan fingerprint density at radius 2 is 1.80 bits per heavy atom. The summed E-state index contributed by atoms with van der Waals surface area (Å²) in [6.45, 7) is 1.68. The topological polar surface area (TPSA) is 98.8 Å². The van der Waals surface area contributed by atoms with Crippen molar-refractivity contribution in [2.24, 2.45) is 0 Å². The van der Waals surface area contributed by atoms with Gasteiger partial charge in [-0.05, 0) is 55.5 Å². The normalized spacial score (nSPS) is 14.5. The number of hydrogen-bond donors (Lipinski definition) is 2. The van der Waals surface area contributed by atoms with Gasteiger partial charge in [-0.15, -0.1) is 0 Å². The van der Waals surface area contributed by atoms with Crippen molar-refractivity contribution in [2.45, 2.75) is 13.0 Å². The van der Waals surface area contributed by atoms with Crippen LogP contribution in [0.1, 0.15) is 17.3 Å². The minimum atomic E-state index is -0.568. The number of ether oxygens (including phenoxy) is 3. The van der Waals surface area contributed by atoms with Gasteiger partial charge in [0, 0.05) is 16.6 Å². The zero-order chi connectivity index (χ0) is 24.5. The molecule has 0 aliphatic carbocycles. The van der Waals surface area contributed by atoms with Crippen LogP contribution in [0, 0.1) is 0 Å². The molecule has 1 aromatic heterocycles. The van der Waals surface area contributed by atoms with Crippen LogP contribution < -0.4 is 24.8 Å². The lowest BCUT2D eigenvalue weighted by Gasteiger charge is -2.23. The van der Waals surface area contributed by atoms with Crippen LogP contribution in [0.15, 0.2) is 66.7 Å². The number of carbonyl (C=O) groups is 2. The largest absolute Gasteiger partial charge is 0.493 e. The summed E-state index contributed by atoms with van der Waals surface area (Å²) < 4.78 is 16.4. The molecule has 1 atom stereocenters. The summed E-state index contributed by atoms with van der Waals surface area (Å²) in [5.41, 5.74) is 3.59. The fourth-order valence-electron chi connectivity index (χ4n) is 3.99. The maximum atomic E-state index is 13.4. The van der Waals surface area contributed by atoms with E-state index < -0.39 is 6.10 Å². The Morgan fingerprint density at radius 1 is 1.00 bits per heavy atom. The molecule has 8 heteroatoms. The van der Waals surface area contributed by atoms with Gasteiger partial charge in [-0.2, -0.15) is 0 Å². The fourth-order valence-corrected chi connectivity index (χ4v) is 3.99. The number of nitrogens with zero attached hydrogens (tertiary/aromatic N) is 1. The van der Waals surface area contributed by atoms with Gasteiger partial charge in [0.05, 0.1) is 36.7 Å². The van der Waals surface area contributed by atoms with Crippen molar-refractivity contribution in [2.75, 3.05) is 24.9 Å². The Bertz CT molecular complexity index is 1470. The van der Waals surface area contributed by atoms with Gasteiger partial charge in [-0.1, -0.05) is 18.2 Å². The maximum absolute atomic E-state index is 13.4. The van der Waals surface area contributed by atoms with E-state index in [1.807, 2.05) is 36.4 Å². The van der Waals surface area contributed by atoms with Crippen molar-refractivity contribution in [3.8, 4) is 28.5 Å². The smallest absolute Gasteiger partial charge is 0.265 e. The first-order valence-electron chi connectivity index (χ1n) is 11.0. The summed E-state index contributed by atoms with van der Waals surface area (Å²) >= 11 is 0. The number of benzene rings is 3. The van der Waals surface area contributed by atoms with E-state index in [1.165, 1.54) is 0 Å². The average Bonchev–Trinajstić information content (AvgIpc) is 2.88. The van der Waals surface area contributed by atoms with Gasteiger partial charge in [0.2, 0.25) is 0 Å². The van der Waals surface area contributed by atoms with Gasteiger partial charge in [0.25, 0.3) is 11.8 Å². The van der Waals surface area contributed by atoms with Crippen LogP contribution >= 0.6 is 0 Å². The van der Waals surface area contributed by atoms with Crippen molar-refractivity contribution >= 4 is 34.1 Å². The summed E-state index contributed by atoms with van der Waals surface area (Å²) in [5.74, 6) is 1.19. The highest BCUT2D eigenvalue weighted by molar-refractivity contribution is 6.13. The average molecular weight is 469 g/mol. The number of methoxy groups -OCH3 is 2. The predicted molar refractivity (Wildman–Crippen MR) is 133 cm³/mol. The summed E-state index contributed by atoms with van der Waals surface area (Å²) in [6, 6.07) is 19.8. The number of amides is 2. The lowest BCUT2D eigenvalue weighted by Crippen LogP contribution is -2.34. The van der Waals surface area contributed by atoms with Crippen LogP contribution in [0.25, 0.3) is 22.2 Å². The lowest BCUT2D eigenvalue weighted by atomic mass is 10.0. The number of anilines is 2. The molecule has 1 aliphatic heterocycles. The molecule has 2 amide bonds. The third kappa shape index (κ3) is 4.21. The number of para-hydroxylation sites is 1. The Hall–Kier alpha value is -4.59. The lowest BCUT2D eigenvalue weighted by molar-refractivity contribution is -0.122. The van der Waals surface area contributed by atoms with Gasteiger partial charge in [0.1, 0.15) is 5.75 Å². The van der Waals surface area contributed by atoms with Crippen molar-refractivity contribution in [1.82, 2.24) is 4.98 Å². The van der Waals surface area contributed by atoms with Gasteiger partial charge in [-0.3, -0.25) is 9.59 Å². The molecule has 0 saturated carbocycles. The van der Waals surface area contributed by atoms with Crippen LogP contribution in [0.5, 0.6) is 17.2 Å². The first-order valence-corrected chi connectivity index (χ1v) is 11.0. The van der Waals surface area contributed by atoms with E-state index in [9.17, 15) is 9.59 Å². The minimum absolute atomic E-state index is 0.235. The Morgan fingerprint density at radius 3 is 2.60 bits per heavy atom. The Kier molecular flexibility index (Phi) is 5.70. The molecule has 0 bridgehead atoms. The zero-order valence-corrected chi connectivity index (χ0v) is 19.4. The molecule has 4 aromatic rings. The van der Waals surface area contributed by atoms with Crippen molar-refractivity contribution in [3.63, 3.8) is 0 Å². The number of nitrogens with one attached hydrogen (secondary N) is 2. The van der Waals surface area contributed by atoms with Crippen LogP contribution in [0.2, 0.25) is 0 Å². The van der Waals surface area contributed by atoms with E-state index in [-0.39, 0.29) is 11.8 Å². The number of fused-ring (bicyclic) bond motifs is 2. The molecule has 0 fully saturated rings. The molecule has 8 nitrogen and oxygen atoms in total. The predicted octanol–water partition coefficient (Wildman–Crippen LogP) is 4.89. The van der Waals surface area contributed by atoms with E-state index in [2.05, 4.69) is 10.6 Å². The fraction of sp³-hybridized carbons (Fsp3) is 0.148. The molecule has 176 valence electrons. The number of rotatable bonds is 5. The summed E-state index contributed by atoms with van der Waals surface area (Å²) in [4.78, 5) is 30.1. The standard InChI is InChI=1S/C27H23N3O5/c1-15-26(31)30-22-13-17(9-11-23(22)35-15)28-27(32)19-14-21(29-20-7-5-4-6-18(19)20)16-8-10-24(33-2)25(12-16)34-3/h4-15H,1-3H3,(H,28,32)(H,30,31). The van der Waals surface area contributed by atoms with E-state index in [0.717, 1.165) is 10.9 Å². The Balaban J connectivity index is 1.52. The summed E-state index contributed by atoms with van der Waals surface area (Å²) in [7, 11) is 3.15. The SMILES string of the molecule is COc1ccc(-c2cc(C(=O)Nc3ccc4c(c3)NC(=O)C(C)O4)c3ccccc3n2)cc1OC. The van der Waals surface area contributed by atoms with E-state index >= 15 is 0 Å². The van der Waals surface area contributed by atoms with Crippen LogP contribution in [-0.2, 0) is 4.79 Å². The van der Waals surface area contributed by atoms with E-state index in [0.29, 0.717) is 45.4 Å². The monoisotopic (exact) mass is 469 g/mol. The third-order valence-corrected chi connectivity index (χ3v) is 5.81. The van der Waals surface area contributed by atoms with Gasteiger partial charge in [-0.25, -0.2) is 4.98 Å².